The molecule has 0 aliphatic carbocycles. The van der Waals surface area contributed by atoms with E-state index in [1.165, 1.54) is 17.2 Å². The zero-order valence-electron chi connectivity index (χ0n) is 19.6. The van der Waals surface area contributed by atoms with Crippen LogP contribution in [0.1, 0.15) is 19.8 Å². The molecule has 5 N–H and O–H groups in total. The van der Waals surface area contributed by atoms with Crippen LogP contribution in [0, 0.1) is 29.0 Å². The number of halogens is 1. The lowest BCUT2D eigenvalue weighted by molar-refractivity contribution is -0.138. The number of nitriles is 1. The summed E-state index contributed by atoms with van der Waals surface area (Å²) in [7, 11) is 0. The van der Waals surface area contributed by atoms with E-state index < -0.39 is 29.9 Å². The second-order valence-electron chi connectivity index (χ2n) is 8.50. The van der Waals surface area contributed by atoms with Crippen LogP contribution < -0.4 is 21.4 Å². The van der Waals surface area contributed by atoms with Gasteiger partial charge >= 0.3 is 12.1 Å². The van der Waals surface area contributed by atoms with E-state index in [0.29, 0.717) is 37.3 Å². The fourth-order valence-electron chi connectivity index (χ4n) is 4.32. The number of rotatable bonds is 9. The molecule has 2 heterocycles. The van der Waals surface area contributed by atoms with Crippen LogP contribution in [0.3, 0.4) is 0 Å². The summed E-state index contributed by atoms with van der Waals surface area (Å²) in [6.45, 7) is 3.00. The summed E-state index contributed by atoms with van der Waals surface area (Å²) in [5, 5.41) is 19.6. The number of hydrazine groups is 1. The summed E-state index contributed by atoms with van der Waals surface area (Å²) >= 11 is 0. The molecule has 1 amide bonds. The molecule has 190 valence electrons. The SMILES string of the molecule is CCOC(=O)/C(N)=C/N(N)CC1CN(c2ccc(N3CCC(C(C#N)CO)CC3)c(F)c2)C(=O)O1. The molecule has 2 aliphatic heterocycles. The number of piperidine rings is 1. The Morgan fingerprint density at radius 2 is 2.17 bits per heavy atom. The van der Waals surface area contributed by atoms with E-state index in [0.717, 1.165) is 5.01 Å². The highest BCUT2D eigenvalue weighted by molar-refractivity contribution is 5.90. The zero-order chi connectivity index (χ0) is 25.5. The van der Waals surface area contributed by atoms with Crippen LogP contribution in [0.2, 0.25) is 0 Å². The Morgan fingerprint density at radius 1 is 1.46 bits per heavy atom. The average Bonchev–Trinajstić information content (AvgIpc) is 3.20. The smallest absolute Gasteiger partial charge is 0.414 e. The van der Waals surface area contributed by atoms with Crippen molar-refractivity contribution in [1.82, 2.24) is 5.01 Å². The van der Waals surface area contributed by atoms with Crippen molar-refractivity contribution in [2.24, 2.45) is 23.4 Å². The van der Waals surface area contributed by atoms with Gasteiger partial charge in [-0.3, -0.25) is 4.90 Å². The number of esters is 1. The average molecular weight is 491 g/mol. The van der Waals surface area contributed by atoms with E-state index in [9.17, 15) is 19.1 Å². The number of nitrogens with zero attached hydrogens (tertiary/aromatic N) is 4. The highest BCUT2D eigenvalue weighted by Crippen LogP contribution is 2.32. The number of amides is 1. The van der Waals surface area contributed by atoms with Crippen molar-refractivity contribution in [2.45, 2.75) is 25.9 Å². The molecule has 2 aliphatic rings. The molecular formula is C23H31FN6O5. The molecule has 12 heteroatoms. The minimum absolute atomic E-state index is 0.0649. The third-order valence-corrected chi connectivity index (χ3v) is 6.16. The van der Waals surface area contributed by atoms with Crippen molar-refractivity contribution in [3.8, 4) is 6.07 Å². The van der Waals surface area contributed by atoms with Crippen LogP contribution in [-0.4, -0.2) is 67.7 Å². The Hall–Kier alpha value is -3.56. The first-order valence-electron chi connectivity index (χ1n) is 11.5. The quantitative estimate of drug-likeness (QED) is 0.198. The monoisotopic (exact) mass is 490 g/mol. The largest absolute Gasteiger partial charge is 0.461 e. The molecule has 2 unspecified atom stereocenters. The lowest BCUT2D eigenvalue weighted by Gasteiger charge is -2.35. The molecule has 11 nitrogen and oxygen atoms in total. The maximum atomic E-state index is 15.0. The molecule has 2 saturated heterocycles. The predicted molar refractivity (Wildman–Crippen MR) is 125 cm³/mol. The van der Waals surface area contributed by atoms with Crippen LogP contribution in [0.4, 0.5) is 20.6 Å². The first-order valence-corrected chi connectivity index (χ1v) is 11.5. The molecule has 0 saturated carbocycles. The molecule has 3 rings (SSSR count). The second-order valence-corrected chi connectivity index (χ2v) is 8.50. The molecule has 0 aromatic heterocycles. The fraction of sp³-hybridized carbons (Fsp3) is 0.522. The van der Waals surface area contributed by atoms with Crippen molar-refractivity contribution in [2.75, 3.05) is 49.2 Å². The second kappa shape index (κ2) is 11.7. The van der Waals surface area contributed by atoms with Crippen molar-refractivity contribution in [3.63, 3.8) is 0 Å². The summed E-state index contributed by atoms with van der Waals surface area (Å²) in [5.74, 6) is 4.36. The maximum Gasteiger partial charge on any atom is 0.414 e. The van der Waals surface area contributed by atoms with Gasteiger partial charge in [0, 0.05) is 19.3 Å². The molecule has 2 atom stereocenters. The number of cyclic esters (lactones) is 1. The topological polar surface area (TPSA) is 158 Å². The number of carbonyl (C=O) groups excluding carboxylic acids is 2. The number of hydrogen-bond donors (Lipinski definition) is 3. The summed E-state index contributed by atoms with van der Waals surface area (Å²) in [5.41, 5.74) is 6.21. The summed E-state index contributed by atoms with van der Waals surface area (Å²) in [4.78, 5) is 27.2. The minimum atomic E-state index is -0.703. The Morgan fingerprint density at radius 3 is 2.77 bits per heavy atom. The lowest BCUT2D eigenvalue weighted by Crippen LogP contribution is -2.37. The standard InChI is InChI=1S/C23H31FN6O5/c1-2-34-22(32)20(26)13-29(27)11-18-12-30(23(33)35-18)17-3-4-21(19(24)9-17)28-7-5-15(6-8-28)16(10-25)14-31/h3-4,9,13,15-16,18,31H,2,5-8,11-12,14,26-27H2,1H3/b20-13-. The number of nitrogens with two attached hydrogens (primary N) is 2. The summed E-state index contributed by atoms with van der Waals surface area (Å²) in [6.07, 6.45) is 1.31. The zero-order valence-corrected chi connectivity index (χ0v) is 19.6. The number of aliphatic hydroxyl groups excluding tert-OH is 1. The van der Waals surface area contributed by atoms with Gasteiger partial charge in [0.2, 0.25) is 0 Å². The highest BCUT2D eigenvalue weighted by Gasteiger charge is 2.34. The number of benzene rings is 1. The van der Waals surface area contributed by atoms with Crippen molar-refractivity contribution in [1.29, 1.82) is 5.26 Å². The molecule has 1 aromatic rings. The van der Waals surface area contributed by atoms with Crippen LogP contribution >= 0.6 is 0 Å². The third kappa shape index (κ3) is 6.32. The van der Waals surface area contributed by atoms with E-state index in [1.807, 2.05) is 4.90 Å². The number of anilines is 2. The molecule has 35 heavy (non-hydrogen) atoms. The van der Waals surface area contributed by atoms with Gasteiger partial charge < -0.3 is 30.2 Å². The van der Waals surface area contributed by atoms with Gasteiger partial charge in [-0.2, -0.15) is 5.26 Å². The fourth-order valence-corrected chi connectivity index (χ4v) is 4.32. The number of carbonyl (C=O) groups is 2. The first kappa shape index (κ1) is 26.1. The minimum Gasteiger partial charge on any atom is -0.461 e. The van der Waals surface area contributed by atoms with Crippen LogP contribution in [-0.2, 0) is 14.3 Å². The van der Waals surface area contributed by atoms with Gasteiger partial charge in [-0.15, -0.1) is 0 Å². The maximum absolute atomic E-state index is 15.0. The van der Waals surface area contributed by atoms with Crippen LogP contribution in [0.5, 0.6) is 0 Å². The van der Waals surface area contributed by atoms with Crippen molar-refractivity contribution >= 4 is 23.4 Å². The Bertz CT molecular complexity index is 991. The van der Waals surface area contributed by atoms with Gasteiger partial charge in [-0.25, -0.2) is 19.8 Å². The van der Waals surface area contributed by atoms with Gasteiger partial charge in [0.25, 0.3) is 0 Å². The Labute approximate surface area is 203 Å². The highest BCUT2D eigenvalue weighted by atomic mass is 19.1. The third-order valence-electron chi connectivity index (χ3n) is 6.16. The molecule has 0 bridgehead atoms. The first-order chi connectivity index (χ1) is 16.8. The van der Waals surface area contributed by atoms with E-state index in [1.54, 1.807) is 19.1 Å². The van der Waals surface area contributed by atoms with E-state index >= 15 is 0 Å². The van der Waals surface area contributed by atoms with Gasteiger partial charge in [0.1, 0.15) is 17.6 Å². The predicted octanol–water partition coefficient (Wildman–Crippen LogP) is 1.04. The lowest BCUT2D eigenvalue weighted by atomic mass is 9.85. The molecule has 0 radical (unpaired) electrons. The molecular weight excluding hydrogens is 459 g/mol. The van der Waals surface area contributed by atoms with Gasteiger partial charge in [0.05, 0.1) is 49.7 Å². The van der Waals surface area contributed by atoms with E-state index in [4.69, 9.17) is 26.3 Å². The van der Waals surface area contributed by atoms with Gasteiger partial charge in [0.15, 0.2) is 0 Å². The van der Waals surface area contributed by atoms with Gasteiger partial charge in [-0.05, 0) is 43.9 Å². The molecule has 2 fully saturated rings. The number of aliphatic hydroxyl groups is 1. The molecule has 0 spiro atoms. The normalized spacial score (nSPS) is 19.8. The van der Waals surface area contributed by atoms with Crippen LogP contribution in [0.25, 0.3) is 0 Å². The number of hydrogen-bond acceptors (Lipinski definition) is 10. The van der Waals surface area contributed by atoms with E-state index in [2.05, 4.69) is 6.07 Å². The summed E-state index contributed by atoms with van der Waals surface area (Å²) < 4.78 is 25.1. The number of ether oxygens (including phenoxy) is 2. The van der Waals surface area contributed by atoms with Crippen molar-refractivity contribution < 1.29 is 28.6 Å². The van der Waals surface area contributed by atoms with Crippen molar-refractivity contribution in [3.05, 3.63) is 35.9 Å². The Balaban J connectivity index is 1.60. The van der Waals surface area contributed by atoms with Gasteiger partial charge in [-0.1, -0.05) is 0 Å². The summed E-state index contributed by atoms with van der Waals surface area (Å²) in [6, 6.07) is 6.69. The van der Waals surface area contributed by atoms with E-state index in [-0.39, 0.29) is 37.9 Å². The van der Waals surface area contributed by atoms with Crippen LogP contribution in [0.15, 0.2) is 30.1 Å². The molecule has 1 aromatic carbocycles. The Kier molecular flexibility index (Phi) is 8.73.